The molecule has 2 aromatic carbocycles. The van der Waals surface area contributed by atoms with Crippen LogP contribution in [-0.2, 0) is 0 Å². The van der Waals surface area contributed by atoms with Crippen LogP contribution >= 0.6 is 0 Å². The van der Waals surface area contributed by atoms with Crippen molar-refractivity contribution in [3.8, 4) is 11.5 Å². The molecule has 0 saturated heterocycles. The minimum Gasteiger partial charge on any atom is -0.508 e. The fourth-order valence-corrected chi connectivity index (χ4v) is 2.37. The van der Waals surface area contributed by atoms with Crippen molar-refractivity contribution in [1.29, 1.82) is 0 Å². The summed E-state index contributed by atoms with van der Waals surface area (Å²) in [5.41, 5.74) is 3.32. The third-order valence-corrected chi connectivity index (χ3v) is 3.47. The first-order chi connectivity index (χ1) is 9.45. The number of rotatable bonds is 4. The number of aryl methyl sites for hydroxylation is 1. The van der Waals surface area contributed by atoms with E-state index in [4.69, 9.17) is 0 Å². The van der Waals surface area contributed by atoms with Crippen molar-refractivity contribution in [3.05, 3.63) is 59.2 Å². The van der Waals surface area contributed by atoms with E-state index in [0.717, 1.165) is 5.56 Å². The molecule has 2 rings (SSSR count). The number of benzene rings is 2. The molecule has 1 unspecified atom stereocenters. The van der Waals surface area contributed by atoms with Gasteiger partial charge in [0.2, 0.25) is 0 Å². The Balaban J connectivity index is 2.12. The topological polar surface area (TPSA) is 52.5 Å². The van der Waals surface area contributed by atoms with Gasteiger partial charge in [0.1, 0.15) is 11.5 Å². The summed E-state index contributed by atoms with van der Waals surface area (Å²) in [6.07, 6.45) is 0. The lowest BCUT2D eigenvalue weighted by Crippen LogP contribution is -2.22. The van der Waals surface area contributed by atoms with Gasteiger partial charge in [0, 0.05) is 18.2 Å². The highest BCUT2D eigenvalue weighted by Crippen LogP contribution is 2.26. The van der Waals surface area contributed by atoms with E-state index in [2.05, 4.69) is 37.4 Å². The molecule has 0 heterocycles. The van der Waals surface area contributed by atoms with Crippen molar-refractivity contribution in [1.82, 2.24) is 5.32 Å². The zero-order valence-corrected chi connectivity index (χ0v) is 12.1. The van der Waals surface area contributed by atoms with E-state index in [1.54, 1.807) is 12.1 Å². The van der Waals surface area contributed by atoms with Crippen molar-refractivity contribution >= 4 is 0 Å². The van der Waals surface area contributed by atoms with Crippen LogP contribution in [0.3, 0.4) is 0 Å². The summed E-state index contributed by atoms with van der Waals surface area (Å²) in [4.78, 5) is 0. The van der Waals surface area contributed by atoms with E-state index in [1.807, 2.05) is 13.0 Å². The van der Waals surface area contributed by atoms with Crippen molar-refractivity contribution in [2.24, 2.45) is 0 Å². The van der Waals surface area contributed by atoms with Gasteiger partial charge < -0.3 is 15.5 Å². The SMILES string of the molecule is Cc1cccc([C@H](C)NC(C)c2cc(O)cc(O)c2)c1. The third-order valence-electron chi connectivity index (χ3n) is 3.47. The average Bonchev–Trinajstić information content (AvgIpc) is 2.37. The molecule has 0 aromatic heterocycles. The maximum atomic E-state index is 9.54. The molecule has 2 aromatic rings. The van der Waals surface area contributed by atoms with Gasteiger partial charge in [-0.3, -0.25) is 0 Å². The molecule has 0 radical (unpaired) electrons. The molecule has 0 aliphatic heterocycles. The smallest absolute Gasteiger partial charge is 0.119 e. The van der Waals surface area contributed by atoms with Crippen LogP contribution in [0.25, 0.3) is 0 Å². The fourth-order valence-electron chi connectivity index (χ4n) is 2.37. The largest absolute Gasteiger partial charge is 0.508 e. The van der Waals surface area contributed by atoms with Gasteiger partial charge in [0.05, 0.1) is 0 Å². The molecule has 0 bridgehead atoms. The quantitative estimate of drug-likeness (QED) is 0.792. The highest BCUT2D eigenvalue weighted by Gasteiger charge is 2.12. The van der Waals surface area contributed by atoms with Crippen LogP contribution < -0.4 is 5.32 Å². The number of hydrogen-bond acceptors (Lipinski definition) is 3. The number of phenols is 2. The van der Waals surface area contributed by atoms with Crippen LogP contribution in [0.4, 0.5) is 0 Å². The molecule has 3 heteroatoms. The Hall–Kier alpha value is -2.00. The maximum absolute atomic E-state index is 9.54. The summed E-state index contributed by atoms with van der Waals surface area (Å²) in [5, 5.41) is 22.6. The first kappa shape index (κ1) is 14.4. The van der Waals surface area contributed by atoms with E-state index in [9.17, 15) is 10.2 Å². The van der Waals surface area contributed by atoms with Gasteiger partial charge in [-0.25, -0.2) is 0 Å². The lowest BCUT2D eigenvalue weighted by atomic mass is 10.0. The van der Waals surface area contributed by atoms with E-state index < -0.39 is 0 Å². The predicted octanol–water partition coefficient (Wildman–Crippen LogP) is 3.82. The van der Waals surface area contributed by atoms with E-state index >= 15 is 0 Å². The third kappa shape index (κ3) is 3.52. The van der Waals surface area contributed by atoms with Crippen molar-refractivity contribution in [2.75, 3.05) is 0 Å². The van der Waals surface area contributed by atoms with E-state index in [1.165, 1.54) is 17.2 Å². The van der Waals surface area contributed by atoms with E-state index in [-0.39, 0.29) is 23.6 Å². The molecule has 0 amide bonds. The lowest BCUT2D eigenvalue weighted by Gasteiger charge is -2.21. The first-order valence-corrected chi connectivity index (χ1v) is 6.81. The molecule has 20 heavy (non-hydrogen) atoms. The van der Waals surface area contributed by atoms with Crippen LogP contribution in [0.1, 0.15) is 42.6 Å². The summed E-state index contributed by atoms with van der Waals surface area (Å²) in [7, 11) is 0. The van der Waals surface area contributed by atoms with Gasteiger partial charge in [0.25, 0.3) is 0 Å². The Morgan fingerprint density at radius 2 is 1.45 bits per heavy atom. The Kier molecular flexibility index (Phi) is 4.30. The molecular formula is C17H21NO2. The van der Waals surface area contributed by atoms with Gasteiger partial charge in [-0.05, 0) is 44.0 Å². The van der Waals surface area contributed by atoms with Crippen molar-refractivity contribution < 1.29 is 10.2 Å². The van der Waals surface area contributed by atoms with Crippen LogP contribution in [0.15, 0.2) is 42.5 Å². The molecule has 0 fully saturated rings. The summed E-state index contributed by atoms with van der Waals surface area (Å²) >= 11 is 0. The highest BCUT2D eigenvalue weighted by molar-refractivity contribution is 5.38. The fraction of sp³-hybridized carbons (Fsp3) is 0.294. The van der Waals surface area contributed by atoms with Gasteiger partial charge in [-0.15, -0.1) is 0 Å². The van der Waals surface area contributed by atoms with Crippen LogP contribution in [-0.4, -0.2) is 10.2 Å². The van der Waals surface area contributed by atoms with Crippen LogP contribution in [0.5, 0.6) is 11.5 Å². The number of hydrogen-bond donors (Lipinski definition) is 3. The standard InChI is InChI=1S/C17H21NO2/c1-11-5-4-6-14(7-11)12(2)18-13(3)15-8-16(19)10-17(20)9-15/h4-10,12-13,18-20H,1-3H3/t12-,13?/m0/s1. The second kappa shape index (κ2) is 5.97. The molecular weight excluding hydrogens is 250 g/mol. The molecule has 0 saturated carbocycles. The number of nitrogens with one attached hydrogen (secondary N) is 1. The normalized spacial score (nSPS) is 13.9. The Bertz CT molecular complexity index is 575. The summed E-state index contributed by atoms with van der Waals surface area (Å²) < 4.78 is 0. The second-order valence-corrected chi connectivity index (χ2v) is 5.31. The second-order valence-electron chi connectivity index (χ2n) is 5.31. The Labute approximate surface area is 119 Å². The van der Waals surface area contributed by atoms with Gasteiger partial charge in [0.15, 0.2) is 0 Å². The molecule has 3 nitrogen and oxygen atoms in total. The minimum atomic E-state index is 0.0310. The lowest BCUT2D eigenvalue weighted by molar-refractivity contribution is 0.442. The van der Waals surface area contributed by atoms with Crippen LogP contribution in [0.2, 0.25) is 0 Å². The van der Waals surface area contributed by atoms with Crippen molar-refractivity contribution in [3.63, 3.8) is 0 Å². The zero-order valence-electron chi connectivity index (χ0n) is 12.1. The molecule has 106 valence electrons. The zero-order chi connectivity index (χ0) is 14.7. The summed E-state index contributed by atoms with van der Waals surface area (Å²) in [5.74, 6) is 0.161. The average molecular weight is 271 g/mol. The van der Waals surface area contributed by atoms with Crippen LogP contribution in [0, 0.1) is 6.92 Å². The molecule has 0 aliphatic rings. The first-order valence-electron chi connectivity index (χ1n) is 6.81. The highest BCUT2D eigenvalue weighted by atomic mass is 16.3. The van der Waals surface area contributed by atoms with Gasteiger partial charge in [-0.1, -0.05) is 29.8 Å². The minimum absolute atomic E-state index is 0.0310. The number of phenolic OH excluding ortho intramolecular Hbond substituents is 2. The Morgan fingerprint density at radius 1 is 0.850 bits per heavy atom. The molecule has 2 atom stereocenters. The van der Waals surface area contributed by atoms with E-state index in [0.29, 0.717) is 0 Å². The predicted molar refractivity (Wildman–Crippen MR) is 80.9 cm³/mol. The van der Waals surface area contributed by atoms with Gasteiger partial charge in [-0.2, -0.15) is 0 Å². The van der Waals surface area contributed by atoms with Crippen molar-refractivity contribution in [2.45, 2.75) is 32.9 Å². The molecule has 0 aliphatic carbocycles. The summed E-state index contributed by atoms with van der Waals surface area (Å²) in [6, 6.07) is 13.3. The Morgan fingerprint density at radius 3 is 2.05 bits per heavy atom. The summed E-state index contributed by atoms with van der Waals surface area (Å²) in [6.45, 7) is 6.20. The molecule has 3 N–H and O–H groups in total. The number of aromatic hydroxyl groups is 2. The maximum Gasteiger partial charge on any atom is 0.119 e. The molecule has 0 spiro atoms. The monoisotopic (exact) mass is 271 g/mol. The van der Waals surface area contributed by atoms with Gasteiger partial charge >= 0.3 is 0 Å².